The molecular formula is C44H26N4. The standard InChI is InChI=1S/C44H26N4/c1-46-37-21-12-26-42-44(37)36-19-5-9-25-41(36)48(42)40-24-8-4-18-34(40)35-20-11-14-30(28-45)43(35)29-13-10-15-31(27-29)47-38-22-6-2-16-32(38)33-17-3-7-23-39(33)47/h2-27H. The van der Waals surface area contributed by atoms with Crippen LogP contribution in [0, 0.1) is 17.9 Å². The summed E-state index contributed by atoms with van der Waals surface area (Å²) in [7, 11) is 0. The number of para-hydroxylation sites is 4. The number of rotatable bonds is 4. The first-order valence-electron chi connectivity index (χ1n) is 15.9. The second-order valence-corrected chi connectivity index (χ2v) is 11.9. The molecule has 7 aromatic carbocycles. The molecule has 0 bridgehead atoms. The maximum atomic E-state index is 10.5. The van der Waals surface area contributed by atoms with Gasteiger partial charge in [0.2, 0.25) is 0 Å². The number of benzene rings is 7. The predicted molar refractivity (Wildman–Crippen MR) is 197 cm³/mol. The first kappa shape index (κ1) is 27.4. The molecule has 222 valence electrons. The van der Waals surface area contributed by atoms with Crippen molar-refractivity contribution in [3.63, 3.8) is 0 Å². The largest absolute Gasteiger partial charge is 0.310 e. The smallest absolute Gasteiger partial charge is 0.197 e. The van der Waals surface area contributed by atoms with E-state index in [2.05, 4.69) is 141 Å². The molecule has 48 heavy (non-hydrogen) atoms. The number of nitrogens with zero attached hydrogens (tertiary/aromatic N) is 4. The van der Waals surface area contributed by atoms with Crippen LogP contribution in [0.5, 0.6) is 0 Å². The maximum Gasteiger partial charge on any atom is 0.197 e. The van der Waals surface area contributed by atoms with Crippen LogP contribution in [0.2, 0.25) is 0 Å². The van der Waals surface area contributed by atoms with Crippen LogP contribution in [0.1, 0.15) is 5.56 Å². The first-order chi connectivity index (χ1) is 23.8. The Labute approximate surface area is 277 Å². The van der Waals surface area contributed by atoms with Crippen molar-refractivity contribution in [3.8, 4) is 39.7 Å². The fraction of sp³-hybridized carbons (Fsp3) is 0. The third kappa shape index (κ3) is 4.01. The SMILES string of the molecule is [C-]#[N+]c1cccc2c1c1ccccc1n2-c1ccccc1-c1cccc(C#N)c1-c1cccc(-n2c3ccccc3c3ccccc32)c1. The van der Waals surface area contributed by atoms with E-state index in [0.29, 0.717) is 11.3 Å². The average molecular weight is 611 g/mol. The summed E-state index contributed by atoms with van der Waals surface area (Å²) in [4.78, 5) is 3.88. The number of nitriles is 1. The molecule has 2 aromatic heterocycles. The van der Waals surface area contributed by atoms with Gasteiger partial charge in [-0.3, -0.25) is 0 Å². The van der Waals surface area contributed by atoms with Gasteiger partial charge in [-0.15, -0.1) is 0 Å². The van der Waals surface area contributed by atoms with Gasteiger partial charge in [0.1, 0.15) is 0 Å². The molecule has 4 nitrogen and oxygen atoms in total. The zero-order valence-electron chi connectivity index (χ0n) is 25.8. The normalized spacial score (nSPS) is 11.3. The molecule has 0 spiro atoms. The Bertz CT molecular complexity index is 2760. The van der Waals surface area contributed by atoms with E-state index in [1.54, 1.807) is 0 Å². The van der Waals surface area contributed by atoms with Crippen LogP contribution >= 0.6 is 0 Å². The Kier molecular flexibility index (Phi) is 6.22. The molecule has 9 aromatic rings. The molecule has 4 heteroatoms. The van der Waals surface area contributed by atoms with Crippen LogP contribution in [0.25, 0.3) is 82.1 Å². The minimum atomic E-state index is 0.610. The van der Waals surface area contributed by atoms with E-state index < -0.39 is 0 Å². The van der Waals surface area contributed by atoms with Crippen LogP contribution in [0.15, 0.2) is 158 Å². The highest BCUT2D eigenvalue weighted by atomic mass is 15.0. The van der Waals surface area contributed by atoms with Gasteiger partial charge in [-0.25, -0.2) is 4.85 Å². The van der Waals surface area contributed by atoms with Gasteiger partial charge in [0.05, 0.1) is 40.4 Å². The topological polar surface area (TPSA) is 38.0 Å². The van der Waals surface area contributed by atoms with Crippen LogP contribution in [0.3, 0.4) is 0 Å². The van der Waals surface area contributed by atoms with Crippen molar-refractivity contribution >= 4 is 49.3 Å². The van der Waals surface area contributed by atoms with Crippen molar-refractivity contribution in [1.82, 2.24) is 9.13 Å². The maximum absolute atomic E-state index is 10.5. The van der Waals surface area contributed by atoms with Crippen molar-refractivity contribution < 1.29 is 0 Å². The number of fused-ring (bicyclic) bond motifs is 6. The van der Waals surface area contributed by atoms with Crippen molar-refractivity contribution in [2.75, 3.05) is 0 Å². The summed E-state index contributed by atoms with van der Waals surface area (Å²) >= 11 is 0. The zero-order valence-corrected chi connectivity index (χ0v) is 25.8. The summed E-state index contributed by atoms with van der Waals surface area (Å²) in [5.41, 5.74) is 11.4. The van der Waals surface area contributed by atoms with Gasteiger partial charge in [0.15, 0.2) is 5.69 Å². The van der Waals surface area contributed by atoms with Crippen LogP contribution < -0.4 is 0 Å². The number of aromatic nitrogens is 2. The lowest BCUT2D eigenvalue weighted by atomic mass is 9.90. The quantitative estimate of drug-likeness (QED) is 0.183. The fourth-order valence-electron chi connectivity index (χ4n) is 7.43. The summed E-state index contributed by atoms with van der Waals surface area (Å²) in [5.74, 6) is 0. The monoisotopic (exact) mass is 610 g/mol. The average Bonchev–Trinajstić information content (AvgIpc) is 3.68. The number of hydrogen-bond acceptors (Lipinski definition) is 1. The van der Waals surface area contributed by atoms with Gasteiger partial charge in [-0.1, -0.05) is 109 Å². The Hall–Kier alpha value is -6.88. The molecule has 0 radical (unpaired) electrons. The lowest BCUT2D eigenvalue weighted by molar-refractivity contribution is 1.18. The van der Waals surface area contributed by atoms with Crippen molar-refractivity contribution in [2.24, 2.45) is 0 Å². The highest BCUT2D eigenvalue weighted by Crippen LogP contribution is 2.43. The van der Waals surface area contributed by atoms with Gasteiger partial charge >= 0.3 is 0 Å². The highest BCUT2D eigenvalue weighted by molar-refractivity contribution is 6.15. The molecule has 9 rings (SSSR count). The van der Waals surface area contributed by atoms with E-state index >= 15 is 0 Å². The second-order valence-electron chi connectivity index (χ2n) is 11.9. The lowest BCUT2D eigenvalue weighted by Gasteiger charge is -2.18. The van der Waals surface area contributed by atoms with Gasteiger partial charge in [-0.2, -0.15) is 5.26 Å². The molecule has 2 heterocycles. The summed E-state index contributed by atoms with van der Waals surface area (Å²) in [6.07, 6.45) is 0. The molecule has 0 atom stereocenters. The van der Waals surface area contributed by atoms with Crippen LogP contribution in [-0.4, -0.2) is 9.13 Å². The molecule has 0 saturated heterocycles. The summed E-state index contributed by atoms with van der Waals surface area (Å²) < 4.78 is 4.57. The highest BCUT2D eigenvalue weighted by Gasteiger charge is 2.21. The van der Waals surface area contributed by atoms with Crippen LogP contribution in [-0.2, 0) is 0 Å². The molecule has 0 aliphatic carbocycles. The Morgan fingerprint density at radius 3 is 1.83 bits per heavy atom. The van der Waals surface area contributed by atoms with Gasteiger partial charge in [-0.05, 0) is 65.0 Å². The minimum absolute atomic E-state index is 0.610. The van der Waals surface area contributed by atoms with Gasteiger partial charge < -0.3 is 9.13 Å². The lowest BCUT2D eigenvalue weighted by Crippen LogP contribution is -1.99. The van der Waals surface area contributed by atoms with Gasteiger partial charge in [0.25, 0.3) is 0 Å². The van der Waals surface area contributed by atoms with E-state index in [9.17, 15) is 5.26 Å². The molecule has 0 unspecified atom stereocenters. The van der Waals surface area contributed by atoms with Gasteiger partial charge in [0, 0.05) is 38.5 Å². The van der Waals surface area contributed by atoms with Crippen LogP contribution in [0.4, 0.5) is 5.69 Å². The summed E-state index contributed by atoms with van der Waals surface area (Å²) in [5, 5.41) is 14.9. The minimum Gasteiger partial charge on any atom is -0.310 e. The summed E-state index contributed by atoms with van der Waals surface area (Å²) in [6.45, 7) is 7.90. The van der Waals surface area contributed by atoms with Crippen molar-refractivity contribution in [2.45, 2.75) is 0 Å². The second kappa shape index (κ2) is 10.9. The van der Waals surface area contributed by atoms with E-state index in [-0.39, 0.29) is 0 Å². The molecule has 0 amide bonds. The predicted octanol–water partition coefficient (Wildman–Crippen LogP) is 11.6. The van der Waals surface area contributed by atoms with E-state index in [1.165, 1.54) is 10.8 Å². The third-order valence-corrected chi connectivity index (χ3v) is 9.39. The first-order valence-corrected chi connectivity index (χ1v) is 15.9. The molecule has 0 aliphatic heterocycles. The fourth-order valence-corrected chi connectivity index (χ4v) is 7.43. The number of hydrogen-bond donors (Lipinski definition) is 0. The Balaban J connectivity index is 1.31. The Morgan fingerprint density at radius 2 is 1.10 bits per heavy atom. The van der Waals surface area contributed by atoms with Crippen molar-refractivity contribution in [1.29, 1.82) is 5.26 Å². The van der Waals surface area contributed by atoms with E-state index in [0.717, 1.165) is 66.5 Å². The summed E-state index contributed by atoms with van der Waals surface area (Å²) in [6, 6.07) is 56.6. The third-order valence-electron chi connectivity index (χ3n) is 9.39. The molecular weight excluding hydrogens is 585 g/mol. The zero-order chi connectivity index (χ0) is 32.2. The molecule has 0 aliphatic rings. The van der Waals surface area contributed by atoms with Crippen molar-refractivity contribution in [3.05, 3.63) is 175 Å². The Morgan fingerprint density at radius 1 is 0.521 bits per heavy atom. The van der Waals surface area contributed by atoms with E-state index in [4.69, 9.17) is 6.57 Å². The molecule has 0 fully saturated rings. The molecule has 0 saturated carbocycles. The van der Waals surface area contributed by atoms with E-state index in [1.807, 2.05) is 36.4 Å². The molecule has 0 N–H and O–H groups in total.